The smallest absolute Gasteiger partial charge is 0.379 e. The highest BCUT2D eigenvalue weighted by Crippen LogP contribution is 2.30. The van der Waals surface area contributed by atoms with E-state index in [9.17, 15) is 14.4 Å². The number of methoxy groups -OCH3 is 1. The molecule has 0 bridgehead atoms. The fourth-order valence-corrected chi connectivity index (χ4v) is 3.49. The first-order valence-corrected chi connectivity index (χ1v) is 9.91. The van der Waals surface area contributed by atoms with Crippen LogP contribution in [0.3, 0.4) is 0 Å². The van der Waals surface area contributed by atoms with Crippen LogP contribution in [0.1, 0.15) is 61.2 Å². The molecule has 0 saturated heterocycles. The van der Waals surface area contributed by atoms with E-state index in [0.717, 1.165) is 6.42 Å². The van der Waals surface area contributed by atoms with E-state index in [1.54, 1.807) is 13.0 Å². The van der Waals surface area contributed by atoms with E-state index in [2.05, 4.69) is 15.3 Å². The van der Waals surface area contributed by atoms with Gasteiger partial charge in [-0.25, -0.2) is 15.0 Å². The molecule has 0 radical (unpaired) electrons. The quantitative estimate of drug-likeness (QED) is 0.368. The summed E-state index contributed by atoms with van der Waals surface area (Å²) in [5.74, 6) is -0.518. The summed E-state index contributed by atoms with van der Waals surface area (Å²) in [4.78, 5) is 36.4. The number of esters is 2. The van der Waals surface area contributed by atoms with Gasteiger partial charge in [0.2, 0.25) is 5.76 Å². The number of ether oxygens (including phenoxy) is 2. The van der Waals surface area contributed by atoms with Gasteiger partial charge in [0.05, 0.1) is 24.6 Å². The van der Waals surface area contributed by atoms with Crippen LogP contribution in [-0.2, 0) is 11.2 Å². The molecule has 3 aromatic rings. The molecule has 0 saturated carbocycles. The molecular weight excluding hydrogens is 416 g/mol. The Morgan fingerprint density at radius 2 is 1.84 bits per heavy atom. The van der Waals surface area contributed by atoms with E-state index in [4.69, 9.17) is 13.6 Å². The molecule has 0 atom stereocenters. The molecule has 0 aliphatic heterocycles. The minimum Gasteiger partial charge on any atom is -0.465 e. The Hall–Kier alpha value is -4.14. The summed E-state index contributed by atoms with van der Waals surface area (Å²) in [6.45, 7) is 1.74. The molecule has 2 aromatic heterocycles. The van der Waals surface area contributed by atoms with E-state index in [-0.39, 0.29) is 17.3 Å². The zero-order valence-corrected chi connectivity index (χ0v) is 17.5. The van der Waals surface area contributed by atoms with Crippen LogP contribution in [0.15, 0.2) is 56.6 Å². The number of carbonyl (C=O) groups is 3. The molecule has 9 nitrogen and oxygen atoms in total. The van der Waals surface area contributed by atoms with Gasteiger partial charge in [0, 0.05) is 17.5 Å². The third kappa shape index (κ3) is 4.18. The van der Waals surface area contributed by atoms with Gasteiger partial charge in [0.25, 0.3) is 0 Å². The number of nitrogens with one attached hydrogen (secondary N) is 1. The maximum Gasteiger partial charge on any atom is 0.379 e. The Morgan fingerprint density at radius 1 is 1.06 bits per heavy atom. The maximum absolute atomic E-state index is 12.7. The van der Waals surface area contributed by atoms with Gasteiger partial charge in [-0.15, -0.1) is 0 Å². The first-order chi connectivity index (χ1) is 15.5. The number of aryl methyl sites for hydroxylation is 1. The largest absolute Gasteiger partial charge is 0.465 e. The van der Waals surface area contributed by atoms with E-state index < -0.39 is 17.8 Å². The molecule has 164 valence electrons. The first kappa shape index (κ1) is 21.1. The highest BCUT2D eigenvalue weighted by molar-refractivity contribution is 6.06. The van der Waals surface area contributed by atoms with E-state index in [1.165, 1.54) is 43.7 Å². The second-order valence-electron chi connectivity index (χ2n) is 7.09. The third-order valence-corrected chi connectivity index (χ3v) is 5.03. The lowest BCUT2D eigenvalue weighted by molar-refractivity contribution is 0.0600. The summed E-state index contributed by atoms with van der Waals surface area (Å²) in [5.41, 5.74) is 4.72. The van der Waals surface area contributed by atoms with Gasteiger partial charge in [-0.3, -0.25) is 4.79 Å². The average molecular weight is 436 g/mol. The Balaban J connectivity index is 1.53. The zero-order valence-electron chi connectivity index (χ0n) is 17.5. The van der Waals surface area contributed by atoms with Crippen LogP contribution in [0.5, 0.6) is 5.75 Å². The third-order valence-electron chi connectivity index (χ3n) is 5.03. The van der Waals surface area contributed by atoms with E-state index >= 15 is 0 Å². The first-order valence-electron chi connectivity index (χ1n) is 9.91. The Labute approximate surface area is 183 Å². The average Bonchev–Trinajstić information content (AvgIpc) is 3.46. The van der Waals surface area contributed by atoms with Crippen LogP contribution < -0.4 is 10.2 Å². The molecule has 1 N–H and O–H groups in total. The second-order valence-corrected chi connectivity index (χ2v) is 7.09. The van der Waals surface area contributed by atoms with Gasteiger partial charge >= 0.3 is 17.8 Å². The van der Waals surface area contributed by atoms with Gasteiger partial charge in [0.15, 0.2) is 5.76 Å². The number of benzene rings is 1. The van der Waals surface area contributed by atoms with Crippen LogP contribution in [-0.4, -0.2) is 30.7 Å². The predicted molar refractivity (Wildman–Crippen MR) is 112 cm³/mol. The van der Waals surface area contributed by atoms with Crippen molar-refractivity contribution in [2.75, 3.05) is 7.11 Å². The van der Waals surface area contributed by atoms with Crippen LogP contribution in [0.25, 0.3) is 0 Å². The van der Waals surface area contributed by atoms with E-state index in [1.807, 2.05) is 0 Å². The molecule has 4 rings (SSSR count). The topological polar surface area (TPSA) is 120 Å². The summed E-state index contributed by atoms with van der Waals surface area (Å²) in [6, 6.07) is 9.15. The highest BCUT2D eigenvalue weighted by Gasteiger charge is 2.29. The molecule has 9 heteroatoms. The number of hydrogen-bond donors (Lipinski definition) is 1. The van der Waals surface area contributed by atoms with Crippen molar-refractivity contribution in [3.05, 3.63) is 76.6 Å². The fourth-order valence-electron chi connectivity index (χ4n) is 3.49. The van der Waals surface area contributed by atoms with Gasteiger partial charge in [0.1, 0.15) is 11.5 Å². The number of nitrogens with zero attached hydrogens (tertiary/aromatic N) is 1. The molecule has 0 spiro atoms. The van der Waals surface area contributed by atoms with Crippen molar-refractivity contribution in [2.45, 2.75) is 26.2 Å². The molecule has 1 aromatic carbocycles. The van der Waals surface area contributed by atoms with Gasteiger partial charge in [-0.2, -0.15) is 5.10 Å². The second kappa shape index (κ2) is 8.93. The molecule has 1 aliphatic carbocycles. The molecule has 0 unspecified atom stereocenters. The van der Waals surface area contributed by atoms with Crippen LogP contribution in [0, 0.1) is 6.92 Å². The summed E-state index contributed by atoms with van der Waals surface area (Å²) < 4.78 is 20.9. The Bertz CT molecular complexity index is 1190. The van der Waals surface area contributed by atoms with Gasteiger partial charge in [-0.05, 0) is 56.2 Å². The Morgan fingerprint density at radius 3 is 2.53 bits per heavy atom. The van der Waals surface area contributed by atoms with Crippen molar-refractivity contribution in [1.29, 1.82) is 0 Å². The van der Waals surface area contributed by atoms with Crippen molar-refractivity contribution < 1.29 is 32.7 Å². The number of amides is 1. The molecule has 32 heavy (non-hydrogen) atoms. The standard InChI is InChI=1S/C23H20N2O7/c1-13-19-16(24-25-21(26)18-7-4-12-30-18)5-3-6-17(19)32-20(13)23(28)31-15-10-8-14(9-11-15)22(27)29-2/h4,7-12H,3,5-6H2,1-2H3,(H,25,26)/b24-16+. The number of hydrogen-bond acceptors (Lipinski definition) is 8. The molecule has 1 amide bonds. The van der Waals surface area contributed by atoms with Crippen molar-refractivity contribution in [1.82, 2.24) is 5.43 Å². The predicted octanol–water partition coefficient (Wildman–Crippen LogP) is 3.66. The number of hydrazone groups is 1. The Kier molecular flexibility index (Phi) is 5.89. The lowest BCUT2D eigenvalue weighted by atomic mass is 9.93. The van der Waals surface area contributed by atoms with Crippen molar-refractivity contribution >= 4 is 23.6 Å². The lowest BCUT2D eigenvalue weighted by Crippen LogP contribution is -2.21. The zero-order chi connectivity index (χ0) is 22.7. The van der Waals surface area contributed by atoms with Crippen molar-refractivity contribution in [2.24, 2.45) is 5.10 Å². The molecule has 1 aliphatic rings. The van der Waals surface area contributed by atoms with Crippen molar-refractivity contribution in [3.8, 4) is 5.75 Å². The SMILES string of the molecule is COC(=O)c1ccc(OC(=O)c2oc3c(c2C)/C(=N/NC(=O)c2ccco2)CCC3)cc1. The molecule has 2 heterocycles. The molecule has 0 fully saturated rings. The van der Waals surface area contributed by atoms with Crippen LogP contribution >= 0.6 is 0 Å². The fraction of sp³-hybridized carbons (Fsp3) is 0.217. The van der Waals surface area contributed by atoms with Gasteiger partial charge < -0.3 is 18.3 Å². The summed E-state index contributed by atoms with van der Waals surface area (Å²) in [5, 5.41) is 4.23. The van der Waals surface area contributed by atoms with Gasteiger partial charge in [-0.1, -0.05) is 0 Å². The maximum atomic E-state index is 12.7. The minimum atomic E-state index is -0.665. The summed E-state index contributed by atoms with van der Waals surface area (Å²) in [6.07, 6.45) is 3.43. The highest BCUT2D eigenvalue weighted by atomic mass is 16.5. The number of furan rings is 2. The number of rotatable bonds is 5. The van der Waals surface area contributed by atoms with Crippen molar-refractivity contribution in [3.63, 3.8) is 0 Å². The lowest BCUT2D eigenvalue weighted by Gasteiger charge is -2.13. The number of carbonyl (C=O) groups excluding carboxylic acids is 3. The van der Waals surface area contributed by atoms with E-state index in [0.29, 0.717) is 41.0 Å². The van der Waals surface area contributed by atoms with Crippen LogP contribution in [0.2, 0.25) is 0 Å². The summed E-state index contributed by atoms with van der Waals surface area (Å²) >= 11 is 0. The number of fused-ring (bicyclic) bond motifs is 1. The normalized spacial score (nSPS) is 14.0. The van der Waals surface area contributed by atoms with Crippen LogP contribution in [0.4, 0.5) is 0 Å². The minimum absolute atomic E-state index is 0.0685. The molecular formula is C23H20N2O7. The monoisotopic (exact) mass is 436 g/mol. The summed E-state index contributed by atoms with van der Waals surface area (Å²) in [7, 11) is 1.29.